The minimum Gasteiger partial charge on any atom is -0.478 e. The highest BCUT2D eigenvalue weighted by atomic mass is 32.2. The van der Waals surface area contributed by atoms with E-state index >= 15 is 0 Å². The van der Waals surface area contributed by atoms with E-state index < -0.39 is 5.97 Å². The predicted octanol–water partition coefficient (Wildman–Crippen LogP) is 4.17. The van der Waals surface area contributed by atoms with Crippen LogP contribution >= 0.6 is 11.8 Å². The summed E-state index contributed by atoms with van der Waals surface area (Å²) in [5.41, 5.74) is 3.00. The fraction of sp³-hybridized carbons (Fsp3) is 0.100. The number of fused-ring (bicyclic) bond motifs is 1. The number of hydrogen-bond donors (Lipinski definition) is 2. The van der Waals surface area contributed by atoms with Gasteiger partial charge in [-0.05, 0) is 36.8 Å². The van der Waals surface area contributed by atoms with E-state index in [9.17, 15) is 4.79 Å². The van der Waals surface area contributed by atoms with Crippen LogP contribution in [0, 0.1) is 6.92 Å². The summed E-state index contributed by atoms with van der Waals surface area (Å²) in [6, 6.07) is 18.6. The van der Waals surface area contributed by atoms with E-state index in [1.165, 1.54) is 5.56 Å². The number of benzene rings is 2. The minimum absolute atomic E-state index is 0.238. The van der Waals surface area contributed by atoms with Gasteiger partial charge in [-0.15, -0.1) is 5.10 Å². The largest absolute Gasteiger partial charge is 0.478 e. The Balaban J connectivity index is 1.59. The Hall–Kier alpha value is -3.39. The molecule has 2 aromatic carbocycles. The van der Waals surface area contributed by atoms with Crippen LogP contribution < -0.4 is 5.32 Å². The number of carbonyl (C=O) groups is 1. The maximum atomic E-state index is 11.0. The normalized spacial score (nSPS) is 10.9. The number of rotatable bonds is 6. The van der Waals surface area contributed by atoms with Crippen LogP contribution in [0.2, 0.25) is 0 Å². The molecule has 0 aliphatic rings. The van der Waals surface area contributed by atoms with Gasteiger partial charge in [0.2, 0.25) is 5.16 Å². The van der Waals surface area contributed by atoms with Crippen LogP contribution in [-0.2, 0) is 5.75 Å². The molecule has 0 atom stereocenters. The Morgan fingerprint density at radius 3 is 2.57 bits per heavy atom. The number of carboxylic acid groups (broad SMARTS) is 1. The number of carboxylic acids is 1. The highest BCUT2D eigenvalue weighted by Crippen LogP contribution is 2.23. The van der Waals surface area contributed by atoms with Crippen molar-refractivity contribution in [3.05, 3.63) is 77.5 Å². The molecule has 2 heterocycles. The van der Waals surface area contributed by atoms with E-state index in [1.807, 2.05) is 31.2 Å². The van der Waals surface area contributed by atoms with Gasteiger partial charge in [0.15, 0.2) is 0 Å². The van der Waals surface area contributed by atoms with Crippen LogP contribution in [0.5, 0.6) is 0 Å². The molecule has 0 spiro atoms. The van der Waals surface area contributed by atoms with Crippen molar-refractivity contribution in [1.29, 1.82) is 0 Å². The Labute approximate surface area is 165 Å². The first-order chi connectivity index (χ1) is 13.6. The zero-order valence-electron chi connectivity index (χ0n) is 15.0. The van der Waals surface area contributed by atoms with Gasteiger partial charge in [-0.3, -0.25) is 0 Å². The molecule has 2 aromatic heterocycles. The predicted molar refractivity (Wildman–Crippen MR) is 108 cm³/mol. The number of nitrogens with one attached hydrogen (secondary N) is 1. The first-order valence-corrected chi connectivity index (χ1v) is 9.58. The molecule has 0 radical (unpaired) electrons. The lowest BCUT2D eigenvalue weighted by molar-refractivity contribution is 0.0697. The molecule has 4 rings (SSSR count). The standard InChI is InChI=1S/C20H17N5O2S/c1-13-11-17(22-16-9-7-15(8-10-16)18(26)27)25-19(21-13)23-20(24-25)28-12-14-5-3-2-4-6-14/h2-11,22H,12H2,1H3,(H,26,27). The highest BCUT2D eigenvalue weighted by Gasteiger charge is 2.11. The van der Waals surface area contributed by atoms with Gasteiger partial charge in [0.05, 0.1) is 5.56 Å². The summed E-state index contributed by atoms with van der Waals surface area (Å²) >= 11 is 1.55. The molecule has 7 nitrogen and oxygen atoms in total. The summed E-state index contributed by atoms with van der Waals surface area (Å²) < 4.78 is 1.66. The van der Waals surface area contributed by atoms with Crippen LogP contribution in [0.3, 0.4) is 0 Å². The lowest BCUT2D eigenvalue weighted by atomic mass is 10.2. The fourth-order valence-electron chi connectivity index (χ4n) is 2.68. The van der Waals surface area contributed by atoms with Crippen LogP contribution in [0.15, 0.2) is 65.8 Å². The molecule has 0 fully saturated rings. The maximum Gasteiger partial charge on any atom is 0.335 e. The summed E-state index contributed by atoms with van der Waals surface area (Å²) in [7, 11) is 0. The molecule has 4 aromatic rings. The molecule has 140 valence electrons. The second kappa shape index (κ2) is 7.69. The van der Waals surface area contributed by atoms with Crippen molar-refractivity contribution in [3.63, 3.8) is 0 Å². The van der Waals surface area contributed by atoms with Crippen molar-refractivity contribution >= 4 is 35.0 Å². The van der Waals surface area contributed by atoms with E-state index in [0.717, 1.165) is 17.1 Å². The average molecular weight is 391 g/mol. The number of hydrogen-bond acceptors (Lipinski definition) is 6. The van der Waals surface area contributed by atoms with E-state index in [1.54, 1.807) is 40.5 Å². The Bertz CT molecular complexity index is 1130. The van der Waals surface area contributed by atoms with Gasteiger partial charge in [0.1, 0.15) is 5.82 Å². The van der Waals surface area contributed by atoms with Crippen molar-refractivity contribution in [1.82, 2.24) is 19.6 Å². The zero-order chi connectivity index (χ0) is 19.5. The molecule has 0 aliphatic heterocycles. The number of thioether (sulfide) groups is 1. The monoisotopic (exact) mass is 391 g/mol. The summed E-state index contributed by atoms with van der Waals surface area (Å²) in [5.74, 6) is 1.05. The third kappa shape index (κ3) is 3.96. The molecule has 8 heteroatoms. The summed E-state index contributed by atoms with van der Waals surface area (Å²) in [5, 5.41) is 17.5. The van der Waals surface area contributed by atoms with E-state index in [0.29, 0.717) is 16.8 Å². The van der Waals surface area contributed by atoms with Crippen LogP contribution in [0.25, 0.3) is 5.78 Å². The van der Waals surface area contributed by atoms with Gasteiger partial charge in [-0.1, -0.05) is 42.1 Å². The summed E-state index contributed by atoms with van der Waals surface area (Å²) in [6.45, 7) is 1.89. The molecule has 2 N–H and O–H groups in total. The molecular formula is C20H17N5O2S. The minimum atomic E-state index is -0.954. The van der Waals surface area contributed by atoms with Gasteiger partial charge >= 0.3 is 5.97 Å². The van der Waals surface area contributed by atoms with Crippen molar-refractivity contribution in [2.45, 2.75) is 17.8 Å². The van der Waals surface area contributed by atoms with E-state index in [2.05, 4.69) is 32.5 Å². The zero-order valence-corrected chi connectivity index (χ0v) is 15.8. The number of aryl methyl sites for hydroxylation is 1. The van der Waals surface area contributed by atoms with Crippen molar-refractivity contribution in [2.24, 2.45) is 0 Å². The van der Waals surface area contributed by atoms with Crippen LogP contribution in [0.1, 0.15) is 21.6 Å². The second-order valence-corrected chi connectivity index (χ2v) is 7.11. The third-order valence-electron chi connectivity index (χ3n) is 4.04. The third-order valence-corrected chi connectivity index (χ3v) is 4.94. The number of aromatic nitrogens is 4. The lowest BCUT2D eigenvalue weighted by Crippen LogP contribution is -2.03. The molecule has 0 aliphatic carbocycles. The van der Waals surface area contributed by atoms with E-state index in [-0.39, 0.29) is 5.56 Å². The highest BCUT2D eigenvalue weighted by molar-refractivity contribution is 7.98. The molecule has 0 amide bonds. The van der Waals surface area contributed by atoms with E-state index in [4.69, 9.17) is 5.11 Å². The second-order valence-electron chi connectivity index (χ2n) is 6.17. The number of anilines is 2. The maximum absolute atomic E-state index is 11.0. The Kier molecular flexibility index (Phi) is 4.94. The number of nitrogens with zero attached hydrogens (tertiary/aromatic N) is 4. The summed E-state index contributed by atoms with van der Waals surface area (Å²) in [6.07, 6.45) is 0. The molecule has 0 saturated carbocycles. The lowest BCUT2D eigenvalue weighted by Gasteiger charge is -2.08. The van der Waals surface area contributed by atoms with Gasteiger partial charge < -0.3 is 10.4 Å². The molecular weight excluding hydrogens is 374 g/mol. The van der Waals surface area contributed by atoms with Crippen molar-refractivity contribution < 1.29 is 9.90 Å². The van der Waals surface area contributed by atoms with Crippen molar-refractivity contribution in [2.75, 3.05) is 5.32 Å². The summed E-state index contributed by atoms with van der Waals surface area (Å²) in [4.78, 5) is 20.0. The van der Waals surface area contributed by atoms with Crippen molar-refractivity contribution in [3.8, 4) is 0 Å². The van der Waals surface area contributed by atoms with Gasteiger partial charge in [-0.2, -0.15) is 9.50 Å². The van der Waals surface area contributed by atoms with Gasteiger partial charge in [-0.25, -0.2) is 9.78 Å². The fourth-order valence-corrected chi connectivity index (χ4v) is 3.46. The average Bonchev–Trinajstić information content (AvgIpc) is 3.10. The van der Waals surface area contributed by atoms with Crippen LogP contribution in [0.4, 0.5) is 11.5 Å². The first-order valence-electron chi connectivity index (χ1n) is 8.60. The topological polar surface area (TPSA) is 92.4 Å². The van der Waals surface area contributed by atoms with Crippen LogP contribution in [-0.4, -0.2) is 30.7 Å². The molecule has 0 unspecified atom stereocenters. The first kappa shape index (κ1) is 18.0. The van der Waals surface area contributed by atoms with Gasteiger partial charge in [0.25, 0.3) is 5.78 Å². The molecule has 28 heavy (non-hydrogen) atoms. The molecule has 0 saturated heterocycles. The quantitative estimate of drug-likeness (QED) is 0.477. The molecule has 0 bridgehead atoms. The smallest absolute Gasteiger partial charge is 0.335 e. The SMILES string of the molecule is Cc1cc(Nc2ccc(C(=O)O)cc2)n2nc(SCc3ccccc3)nc2n1. The Morgan fingerprint density at radius 2 is 1.86 bits per heavy atom. The van der Waals surface area contributed by atoms with Gasteiger partial charge in [0, 0.05) is 23.2 Å². The Morgan fingerprint density at radius 1 is 1.11 bits per heavy atom. The number of aromatic carboxylic acids is 1.